The van der Waals surface area contributed by atoms with Crippen molar-refractivity contribution in [1.82, 2.24) is 19.3 Å². The predicted molar refractivity (Wildman–Crippen MR) is 75.1 cm³/mol. The Morgan fingerprint density at radius 2 is 2.11 bits per heavy atom. The van der Waals surface area contributed by atoms with E-state index in [1.165, 1.54) is 4.68 Å². The van der Waals surface area contributed by atoms with Crippen LogP contribution in [0.1, 0.15) is 32.6 Å². The van der Waals surface area contributed by atoms with Crippen LogP contribution in [0.15, 0.2) is 9.63 Å². The number of rotatable bonds is 3. The first kappa shape index (κ1) is 14.9. The Kier molecular flexibility index (Phi) is 4.62. The maximum absolute atomic E-state index is 12.6. The van der Waals surface area contributed by atoms with Crippen LogP contribution in [-0.2, 0) is 17.1 Å². The summed E-state index contributed by atoms with van der Waals surface area (Å²) in [7, 11) is -1.92. The van der Waals surface area contributed by atoms with Crippen molar-refractivity contribution in [2.45, 2.75) is 37.6 Å². The van der Waals surface area contributed by atoms with Gasteiger partial charge in [0.05, 0.1) is 0 Å². The topological polar surface area (TPSA) is 68.1 Å². The first-order chi connectivity index (χ1) is 8.96. The molecule has 8 heteroatoms. The van der Waals surface area contributed by atoms with Crippen molar-refractivity contribution < 1.29 is 8.42 Å². The zero-order chi connectivity index (χ0) is 14.0. The maximum atomic E-state index is 12.6. The summed E-state index contributed by atoms with van der Waals surface area (Å²) >= 11 is 3.16. The highest BCUT2D eigenvalue weighted by atomic mass is 79.9. The molecule has 1 atom stereocenters. The number of aromatic nitrogens is 3. The van der Waals surface area contributed by atoms with Gasteiger partial charge in [-0.05, 0) is 41.1 Å². The van der Waals surface area contributed by atoms with Gasteiger partial charge < -0.3 is 0 Å². The number of nitrogens with zero attached hydrogens (tertiary/aromatic N) is 4. The van der Waals surface area contributed by atoms with Crippen molar-refractivity contribution in [2.24, 2.45) is 13.0 Å². The number of sulfonamides is 1. The van der Waals surface area contributed by atoms with Gasteiger partial charge in [-0.25, -0.2) is 13.1 Å². The second-order valence-electron chi connectivity index (χ2n) is 4.92. The van der Waals surface area contributed by atoms with Crippen LogP contribution in [0.4, 0.5) is 0 Å². The third-order valence-corrected chi connectivity index (χ3v) is 6.49. The Hall–Kier alpha value is -0.470. The van der Waals surface area contributed by atoms with Gasteiger partial charge in [-0.3, -0.25) is 0 Å². The molecule has 1 aliphatic rings. The lowest BCUT2D eigenvalue weighted by atomic mass is 9.98. The molecule has 0 amide bonds. The van der Waals surface area contributed by atoms with Crippen LogP contribution >= 0.6 is 15.9 Å². The maximum Gasteiger partial charge on any atom is 0.263 e. The monoisotopic (exact) mass is 350 g/mol. The molecule has 1 saturated heterocycles. The lowest BCUT2D eigenvalue weighted by molar-refractivity contribution is 0.403. The Morgan fingerprint density at radius 3 is 2.68 bits per heavy atom. The lowest BCUT2D eigenvalue weighted by Crippen LogP contribution is -2.33. The van der Waals surface area contributed by atoms with Crippen LogP contribution in [0.3, 0.4) is 0 Å². The molecule has 0 aromatic carbocycles. The summed E-state index contributed by atoms with van der Waals surface area (Å²) in [6.45, 7) is 3.32. The molecule has 1 aromatic rings. The van der Waals surface area contributed by atoms with Crippen LogP contribution in [0.2, 0.25) is 0 Å². The van der Waals surface area contributed by atoms with Gasteiger partial charge >= 0.3 is 0 Å². The minimum absolute atomic E-state index is 0.141. The number of halogens is 1. The zero-order valence-electron chi connectivity index (χ0n) is 11.2. The first-order valence-corrected chi connectivity index (χ1v) is 8.75. The summed E-state index contributed by atoms with van der Waals surface area (Å²) < 4.78 is 28.4. The summed E-state index contributed by atoms with van der Waals surface area (Å²) in [4.78, 5) is 0. The van der Waals surface area contributed by atoms with E-state index >= 15 is 0 Å². The van der Waals surface area contributed by atoms with Crippen molar-refractivity contribution in [3.05, 3.63) is 4.60 Å². The van der Waals surface area contributed by atoms with Crippen molar-refractivity contribution in [1.29, 1.82) is 0 Å². The Morgan fingerprint density at radius 1 is 1.37 bits per heavy atom. The van der Waals surface area contributed by atoms with Crippen molar-refractivity contribution in [3.63, 3.8) is 0 Å². The Labute approximate surface area is 122 Å². The number of hydrogen-bond acceptors (Lipinski definition) is 4. The van der Waals surface area contributed by atoms with Crippen molar-refractivity contribution >= 4 is 26.0 Å². The fourth-order valence-corrected chi connectivity index (χ4v) is 5.03. The molecule has 1 unspecified atom stereocenters. The van der Waals surface area contributed by atoms with Crippen LogP contribution in [0.25, 0.3) is 0 Å². The molecule has 2 rings (SSSR count). The average molecular weight is 351 g/mol. The molecule has 108 valence electrons. The minimum Gasteiger partial charge on any atom is -0.235 e. The molecule has 0 spiro atoms. The average Bonchev–Trinajstić information content (AvgIpc) is 2.59. The number of hydrogen-bond donors (Lipinski definition) is 0. The van der Waals surface area contributed by atoms with Gasteiger partial charge in [0.25, 0.3) is 10.0 Å². The third kappa shape index (κ3) is 3.00. The van der Waals surface area contributed by atoms with E-state index in [0.717, 1.165) is 25.7 Å². The Balaban J connectivity index is 2.25. The van der Waals surface area contributed by atoms with E-state index in [4.69, 9.17) is 0 Å². The van der Waals surface area contributed by atoms with E-state index in [0.29, 0.717) is 19.0 Å². The molecule has 6 nitrogen and oxygen atoms in total. The molecule has 1 aliphatic heterocycles. The normalized spacial score (nSPS) is 22.4. The third-order valence-electron chi connectivity index (χ3n) is 3.71. The number of aryl methyl sites for hydroxylation is 1. The highest BCUT2D eigenvalue weighted by Crippen LogP contribution is 2.27. The van der Waals surface area contributed by atoms with E-state index < -0.39 is 10.0 Å². The summed E-state index contributed by atoms with van der Waals surface area (Å²) in [6.07, 6.45) is 4.07. The second-order valence-corrected chi connectivity index (χ2v) is 7.52. The fourth-order valence-electron chi connectivity index (χ4n) is 2.51. The minimum atomic E-state index is -3.51. The van der Waals surface area contributed by atoms with Gasteiger partial charge in [-0.2, -0.15) is 4.31 Å². The largest absolute Gasteiger partial charge is 0.263 e. The van der Waals surface area contributed by atoms with E-state index in [1.807, 2.05) is 0 Å². The van der Waals surface area contributed by atoms with Crippen LogP contribution in [0, 0.1) is 5.92 Å². The van der Waals surface area contributed by atoms with Crippen LogP contribution in [-0.4, -0.2) is 40.8 Å². The van der Waals surface area contributed by atoms with Gasteiger partial charge in [0.2, 0.25) is 5.03 Å². The van der Waals surface area contributed by atoms with E-state index in [2.05, 4.69) is 33.2 Å². The van der Waals surface area contributed by atoms with Gasteiger partial charge in [0.1, 0.15) is 0 Å². The molecule has 19 heavy (non-hydrogen) atoms. The summed E-state index contributed by atoms with van der Waals surface area (Å²) in [5, 5.41) is 7.64. The molecule has 0 saturated carbocycles. The molecule has 0 radical (unpaired) electrons. The predicted octanol–water partition coefficient (Wildman–Crippen LogP) is 1.78. The molecular weight excluding hydrogens is 332 g/mol. The molecule has 2 heterocycles. The van der Waals surface area contributed by atoms with Crippen molar-refractivity contribution in [2.75, 3.05) is 13.1 Å². The molecule has 0 N–H and O–H groups in total. The fraction of sp³-hybridized carbons (Fsp3) is 0.818. The highest BCUT2D eigenvalue weighted by molar-refractivity contribution is 9.10. The van der Waals surface area contributed by atoms with Gasteiger partial charge in [0.15, 0.2) is 4.60 Å². The zero-order valence-corrected chi connectivity index (χ0v) is 13.6. The van der Waals surface area contributed by atoms with Gasteiger partial charge in [0, 0.05) is 20.1 Å². The summed E-state index contributed by atoms with van der Waals surface area (Å²) in [5.41, 5.74) is 0. The first-order valence-electron chi connectivity index (χ1n) is 6.52. The van der Waals surface area contributed by atoms with Crippen molar-refractivity contribution in [3.8, 4) is 0 Å². The Bertz CT molecular complexity index is 523. The van der Waals surface area contributed by atoms with Gasteiger partial charge in [-0.1, -0.05) is 18.6 Å². The van der Waals surface area contributed by atoms with E-state index in [9.17, 15) is 8.42 Å². The van der Waals surface area contributed by atoms with E-state index in [1.54, 1.807) is 11.4 Å². The molecule has 0 aliphatic carbocycles. The highest BCUT2D eigenvalue weighted by Gasteiger charge is 2.32. The summed E-state index contributed by atoms with van der Waals surface area (Å²) in [6, 6.07) is 0. The quantitative estimate of drug-likeness (QED) is 0.833. The lowest BCUT2D eigenvalue weighted by Gasteiger charge is -2.19. The SMILES string of the molecule is CCC1CCCN(S(=O)(=O)c2c(Br)nnn2C)CC1. The molecule has 1 fully saturated rings. The van der Waals surface area contributed by atoms with Crippen LogP contribution in [0.5, 0.6) is 0 Å². The standard InChI is InChI=1S/C11H19BrN4O2S/c1-3-9-5-4-7-16(8-6-9)19(17,18)11-10(12)13-14-15(11)2/h9H,3-8H2,1-2H3. The smallest absolute Gasteiger partial charge is 0.235 e. The van der Waals surface area contributed by atoms with Crippen LogP contribution < -0.4 is 0 Å². The molecule has 1 aromatic heterocycles. The summed E-state index contributed by atoms with van der Waals surface area (Å²) in [5.74, 6) is 0.633. The second kappa shape index (κ2) is 5.88. The molecule has 0 bridgehead atoms. The van der Waals surface area contributed by atoms with E-state index in [-0.39, 0.29) is 9.63 Å². The van der Waals surface area contributed by atoms with Gasteiger partial charge in [-0.15, -0.1) is 5.10 Å². The molecular formula is C11H19BrN4O2S.